The van der Waals surface area contributed by atoms with E-state index in [0.717, 1.165) is 22.2 Å². The van der Waals surface area contributed by atoms with Crippen LogP contribution in [0.2, 0.25) is 0 Å². The van der Waals surface area contributed by atoms with Gasteiger partial charge in [-0.25, -0.2) is 0 Å². The second-order valence-electron chi connectivity index (χ2n) is 6.10. The van der Waals surface area contributed by atoms with E-state index in [1.807, 2.05) is 83.4 Å². The summed E-state index contributed by atoms with van der Waals surface area (Å²) in [6.07, 6.45) is -0.843. The molecule has 0 aliphatic heterocycles. The summed E-state index contributed by atoms with van der Waals surface area (Å²) >= 11 is 1.61. The van der Waals surface area contributed by atoms with E-state index < -0.39 is 6.10 Å². The lowest BCUT2D eigenvalue weighted by atomic mass is 10.1. The molecule has 1 atom stereocenters. The summed E-state index contributed by atoms with van der Waals surface area (Å²) in [5.74, 6) is 1.30. The van der Waals surface area contributed by atoms with E-state index in [0.29, 0.717) is 5.82 Å². The highest BCUT2D eigenvalue weighted by Gasteiger charge is 2.22. The highest BCUT2D eigenvalue weighted by atomic mass is 32.2. The average molecular weight is 373 g/mol. The van der Waals surface area contributed by atoms with Crippen LogP contribution < -0.4 is 0 Å². The molecule has 0 amide bonds. The van der Waals surface area contributed by atoms with Crippen LogP contribution in [0.25, 0.3) is 5.69 Å². The first-order valence-corrected chi connectivity index (χ1v) is 9.72. The molecule has 0 aliphatic carbocycles. The number of benzene rings is 3. The topological polar surface area (TPSA) is 50.9 Å². The fourth-order valence-electron chi connectivity index (χ4n) is 2.88. The van der Waals surface area contributed by atoms with Gasteiger partial charge in [-0.3, -0.25) is 4.57 Å². The number of hydrogen-bond acceptors (Lipinski definition) is 4. The molecule has 4 rings (SSSR count). The van der Waals surface area contributed by atoms with E-state index in [2.05, 4.69) is 22.3 Å². The highest BCUT2D eigenvalue weighted by Crippen LogP contribution is 2.29. The first kappa shape index (κ1) is 17.5. The van der Waals surface area contributed by atoms with Gasteiger partial charge in [0.2, 0.25) is 0 Å². The molecule has 0 aliphatic rings. The molecule has 27 heavy (non-hydrogen) atoms. The fraction of sp³-hybridized carbons (Fsp3) is 0.0909. The van der Waals surface area contributed by atoms with E-state index in [1.165, 1.54) is 5.56 Å². The summed E-state index contributed by atoms with van der Waals surface area (Å²) in [7, 11) is 0. The van der Waals surface area contributed by atoms with E-state index >= 15 is 0 Å². The molecule has 5 heteroatoms. The first-order chi connectivity index (χ1) is 13.3. The third-order valence-electron chi connectivity index (χ3n) is 4.24. The van der Waals surface area contributed by atoms with Crippen molar-refractivity contribution in [2.75, 3.05) is 0 Å². The molecule has 1 heterocycles. The molecule has 0 unspecified atom stereocenters. The zero-order chi connectivity index (χ0) is 18.5. The van der Waals surface area contributed by atoms with Crippen LogP contribution in [0.1, 0.15) is 23.1 Å². The Bertz CT molecular complexity index is 988. The third-order valence-corrected chi connectivity index (χ3v) is 5.24. The number of thioether (sulfide) groups is 1. The summed E-state index contributed by atoms with van der Waals surface area (Å²) < 4.78 is 1.94. The van der Waals surface area contributed by atoms with Gasteiger partial charge in [-0.15, -0.1) is 10.2 Å². The quantitative estimate of drug-likeness (QED) is 0.500. The molecule has 0 spiro atoms. The second-order valence-corrected chi connectivity index (χ2v) is 7.04. The van der Waals surface area contributed by atoms with Crippen molar-refractivity contribution in [3.63, 3.8) is 0 Å². The number of aliphatic hydroxyl groups is 1. The molecular formula is C22H19N3OS. The Balaban J connectivity index is 1.70. The molecule has 3 aromatic carbocycles. The van der Waals surface area contributed by atoms with Crippen LogP contribution in [-0.4, -0.2) is 19.9 Å². The molecule has 4 nitrogen and oxygen atoms in total. The van der Waals surface area contributed by atoms with Gasteiger partial charge in [0.25, 0.3) is 0 Å². The van der Waals surface area contributed by atoms with Crippen molar-refractivity contribution in [3.05, 3.63) is 108 Å². The Labute approximate surface area is 162 Å². The minimum absolute atomic E-state index is 0.517. The molecular weight excluding hydrogens is 354 g/mol. The maximum absolute atomic E-state index is 10.9. The van der Waals surface area contributed by atoms with Crippen LogP contribution in [0, 0.1) is 0 Å². The monoisotopic (exact) mass is 373 g/mol. The number of rotatable bonds is 6. The standard InChI is InChI=1S/C22H19N3OS/c26-20(18-12-6-2-7-13-18)21-23-24-22(25(21)19-14-8-3-9-15-19)27-16-17-10-4-1-5-11-17/h1-15,20,26H,16H2/t20-/m0/s1. The molecule has 134 valence electrons. The molecule has 0 fully saturated rings. The summed E-state index contributed by atoms with van der Waals surface area (Å²) in [5.41, 5.74) is 2.94. The van der Waals surface area contributed by atoms with Crippen molar-refractivity contribution < 1.29 is 5.11 Å². The Morgan fingerprint density at radius 3 is 2.04 bits per heavy atom. The smallest absolute Gasteiger partial charge is 0.196 e. The second kappa shape index (κ2) is 8.20. The predicted octanol–water partition coefficient (Wildman–Crippen LogP) is 4.64. The number of aliphatic hydroxyl groups excluding tert-OH is 1. The predicted molar refractivity (Wildman–Crippen MR) is 108 cm³/mol. The van der Waals surface area contributed by atoms with Crippen molar-refractivity contribution in [2.45, 2.75) is 17.0 Å². The van der Waals surface area contributed by atoms with Crippen molar-refractivity contribution in [1.82, 2.24) is 14.8 Å². The van der Waals surface area contributed by atoms with Crippen molar-refractivity contribution in [3.8, 4) is 5.69 Å². The van der Waals surface area contributed by atoms with Gasteiger partial charge >= 0.3 is 0 Å². The van der Waals surface area contributed by atoms with E-state index in [4.69, 9.17) is 0 Å². The molecule has 0 saturated carbocycles. The lowest BCUT2D eigenvalue weighted by Crippen LogP contribution is -2.09. The van der Waals surface area contributed by atoms with E-state index in [1.54, 1.807) is 11.8 Å². The number of nitrogens with zero attached hydrogens (tertiary/aromatic N) is 3. The SMILES string of the molecule is O[C@@H](c1ccccc1)c1nnc(SCc2ccccc2)n1-c1ccccc1. The van der Waals surface area contributed by atoms with Gasteiger partial charge in [-0.05, 0) is 23.3 Å². The van der Waals surface area contributed by atoms with Gasteiger partial charge in [0.1, 0.15) is 6.10 Å². The van der Waals surface area contributed by atoms with Crippen LogP contribution >= 0.6 is 11.8 Å². The normalized spacial score (nSPS) is 12.0. The minimum atomic E-state index is -0.843. The van der Waals surface area contributed by atoms with Gasteiger partial charge in [0.05, 0.1) is 0 Å². The number of para-hydroxylation sites is 1. The summed E-state index contributed by atoms with van der Waals surface area (Å²) in [4.78, 5) is 0. The van der Waals surface area contributed by atoms with Gasteiger partial charge < -0.3 is 5.11 Å². The molecule has 1 aromatic heterocycles. The van der Waals surface area contributed by atoms with Gasteiger partial charge in [-0.1, -0.05) is 90.6 Å². The highest BCUT2D eigenvalue weighted by molar-refractivity contribution is 7.98. The van der Waals surface area contributed by atoms with Crippen LogP contribution in [0.5, 0.6) is 0 Å². The van der Waals surface area contributed by atoms with Crippen molar-refractivity contribution >= 4 is 11.8 Å². The fourth-order valence-corrected chi connectivity index (χ4v) is 3.79. The lowest BCUT2D eigenvalue weighted by molar-refractivity contribution is 0.207. The van der Waals surface area contributed by atoms with Gasteiger partial charge in [0, 0.05) is 11.4 Å². The largest absolute Gasteiger partial charge is 0.380 e. The average Bonchev–Trinajstić information content (AvgIpc) is 3.17. The number of hydrogen-bond donors (Lipinski definition) is 1. The molecule has 0 radical (unpaired) electrons. The zero-order valence-corrected chi connectivity index (χ0v) is 15.5. The Morgan fingerprint density at radius 1 is 0.778 bits per heavy atom. The zero-order valence-electron chi connectivity index (χ0n) is 14.6. The van der Waals surface area contributed by atoms with Crippen LogP contribution in [-0.2, 0) is 5.75 Å². The van der Waals surface area contributed by atoms with Crippen LogP contribution in [0.15, 0.2) is 96.2 Å². The molecule has 1 N–H and O–H groups in total. The molecule has 0 bridgehead atoms. The lowest BCUT2D eigenvalue weighted by Gasteiger charge is -2.14. The molecule has 4 aromatic rings. The third kappa shape index (κ3) is 3.94. The summed E-state index contributed by atoms with van der Waals surface area (Å²) in [6, 6.07) is 29.7. The Hall–Kier alpha value is -2.89. The molecule has 0 saturated heterocycles. The first-order valence-electron chi connectivity index (χ1n) is 8.73. The summed E-state index contributed by atoms with van der Waals surface area (Å²) in [6.45, 7) is 0. The number of aromatic nitrogens is 3. The maximum atomic E-state index is 10.9. The van der Waals surface area contributed by atoms with Crippen molar-refractivity contribution in [2.24, 2.45) is 0 Å². The van der Waals surface area contributed by atoms with Crippen LogP contribution in [0.4, 0.5) is 0 Å². The van der Waals surface area contributed by atoms with E-state index in [-0.39, 0.29) is 0 Å². The van der Waals surface area contributed by atoms with E-state index in [9.17, 15) is 5.11 Å². The maximum Gasteiger partial charge on any atom is 0.196 e. The Morgan fingerprint density at radius 2 is 1.37 bits per heavy atom. The Kier molecular flexibility index (Phi) is 5.32. The van der Waals surface area contributed by atoms with Crippen molar-refractivity contribution in [1.29, 1.82) is 0 Å². The summed E-state index contributed by atoms with van der Waals surface area (Å²) in [5, 5.41) is 20.4. The van der Waals surface area contributed by atoms with Gasteiger partial charge in [0.15, 0.2) is 11.0 Å². The minimum Gasteiger partial charge on any atom is -0.380 e. The van der Waals surface area contributed by atoms with Crippen LogP contribution in [0.3, 0.4) is 0 Å². The van der Waals surface area contributed by atoms with Gasteiger partial charge in [-0.2, -0.15) is 0 Å².